The molecule has 5 N–H and O–H groups in total. The van der Waals surface area contributed by atoms with Crippen molar-refractivity contribution in [2.24, 2.45) is 0 Å². The largest absolute Gasteiger partial charge is 0.491 e. The SMILES string of the molecule is CCCCCCCCCCCCCCCCc1cc2c3nc4nc(nc5[nH]c(nc6nc(nc([nH]3)c2cc1CCCCCCCCCCCCCCCC)-c1cc(OCCOCCOCCO)ccc1-6)c1cc(OCCOCCOCCO)ccc51)-c1cc(OCCOCCOCCO)ccc1-4. The lowest BCUT2D eigenvalue weighted by molar-refractivity contribution is 0.0247. The number of unbranched alkanes of at least 4 members (excludes halogenated alkanes) is 26. The first-order chi connectivity index (χ1) is 50.5. The summed E-state index contributed by atoms with van der Waals surface area (Å²) in [6.45, 7) is 9.45. The van der Waals surface area contributed by atoms with E-state index >= 15 is 0 Å². The molecule has 20 heteroatoms. The van der Waals surface area contributed by atoms with Gasteiger partial charge in [0.15, 0.2) is 23.3 Å². The quantitative estimate of drug-likeness (QED) is 0.0222. The van der Waals surface area contributed by atoms with E-state index in [-0.39, 0.29) is 46.2 Å². The molecule has 0 aliphatic carbocycles. The Morgan fingerprint density at radius 3 is 0.882 bits per heavy atom. The second kappa shape index (κ2) is 46.9. The number of rotatable bonds is 57. The van der Waals surface area contributed by atoms with E-state index in [0.29, 0.717) is 136 Å². The third-order valence-electron chi connectivity index (χ3n) is 19.0. The van der Waals surface area contributed by atoms with Crippen molar-refractivity contribution in [3.8, 4) is 62.8 Å². The second-order valence-corrected chi connectivity index (χ2v) is 27.0. The highest BCUT2D eigenvalue weighted by Crippen LogP contribution is 2.41. The Morgan fingerprint density at radius 1 is 0.265 bits per heavy atom. The van der Waals surface area contributed by atoms with Gasteiger partial charge in [0.25, 0.3) is 0 Å². The van der Waals surface area contributed by atoms with Crippen LogP contribution in [-0.4, -0.2) is 174 Å². The maximum atomic E-state index is 9.14. The number of aliphatic hydroxyl groups is 3. The molecule has 0 fully saturated rings. The van der Waals surface area contributed by atoms with Crippen molar-refractivity contribution >= 4 is 44.1 Å². The Balaban J connectivity index is 1.09. The van der Waals surface area contributed by atoms with E-state index in [1.165, 1.54) is 178 Å². The first-order valence-electron chi connectivity index (χ1n) is 39.1. The normalized spacial score (nSPS) is 11.9. The summed E-state index contributed by atoms with van der Waals surface area (Å²) in [6, 6.07) is 22.4. The number of aryl methyl sites for hydroxylation is 2. The summed E-state index contributed by atoms with van der Waals surface area (Å²) in [5.74, 6) is 3.70. The number of ether oxygens (including phenoxy) is 9. The van der Waals surface area contributed by atoms with Crippen LogP contribution in [0.4, 0.5) is 0 Å². The average Bonchev–Trinajstić information content (AvgIpc) is 1.60. The van der Waals surface area contributed by atoms with Crippen molar-refractivity contribution < 1.29 is 58.0 Å². The molecule has 0 atom stereocenters. The predicted molar refractivity (Wildman–Crippen MR) is 407 cm³/mol. The zero-order valence-electron chi connectivity index (χ0n) is 61.5. The van der Waals surface area contributed by atoms with Gasteiger partial charge in [-0.15, -0.1) is 0 Å². The molecule has 8 bridgehead atoms. The number of aliphatic hydroxyl groups excluding tert-OH is 3. The van der Waals surface area contributed by atoms with Crippen LogP contribution >= 0.6 is 0 Å². The van der Waals surface area contributed by atoms with Gasteiger partial charge in [-0.1, -0.05) is 181 Å². The van der Waals surface area contributed by atoms with Crippen LogP contribution in [0.25, 0.3) is 89.7 Å². The maximum absolute atomic E-state index is 9.14. The van der Waals surface area contributed by atoms with Crippen molar-refractivity contribution in [2.45, 2.75) is 206 Å². The van der Waals surface area contributed by atoms with Crippen molar-refractivity contribution in [1.82, 2.24) is 39.9 Å². The number of hydrogen-bond acceptors (Lipinski definition) is 18. The molecule has 0 saturated carbocycles. The van der Waals surface area contributed by atoms with Gasteiger partial charge in [0.1, 0.15) is 59.7 Å². The molecule has 4 aromatic carbocycles. The van der Waals surface area contributed by atoms with Gasteiger partial charge >= 0.3 is 0 Å². The monoisotopic (exact) mass is 1410 g/mol. The molecule has 7 aromatic rings. The molecule has 20 nitrogen and oxygen atoms in total. The van der Waals surface area contributed by atoms with Crippen LogP contribution in [0.15, 0.2) is 66.7 Å². The number of fused-ring (bicyclic) bond motifs is 20. The molecular weight excluding hydrogens is 1290 g/mol. The van der Waals surface area contributed by atoms with Crippen molar-refractivity contribution in [3.05, 3.63) is 77.9 Å². The van der Waals surface area contributed by atoms with Gasteiger partial charge in [0.05, 0.1) is 99.1 Å². The molecule has 558 valence electrons. The molecule has 0 spiro atoms. The Labute approximate surface area is 605 Å². The van der Waals surface area contributed by atoms with Crippen LogP contribution in [0.1, 0.15) is 205 Å². The third kappa shape index (κ3) is 26.2. The summed E-state index contributed by atoms with van der Waals surface area (Å²) >= 11 is 0. The van der Waals surface area contributed by atoms with E-state index in [1.54, 1.807) is 0 Å². The molecular formula is C82H118N8O12. The van der Waals surface area contributed by atoms with Crippen molar-refractivity contribution in [3.63, 3.8) is 0 Å². The zero-order chi connectivity index (χ0) is 70.9. The summed E-state index contributed by atoms with van der Waals surface area (Å²) in [6.07, 6.45) is 38.8. The maximum Gasteiger partial charge on any atom is 0.164 e. The lowest BCUT2D eigenvalue weighted by Gasteiger charge is -2.11. The molecule has 2 aliphatic heterocycles. The highest BCUT2D eigenvalue weighted by Gasteiger charge is 2.25. The van der Waals surface area contributed by atoms with Gasteiger partial charge in [-0.3, -0.25) is 0 Å². The molecule has 0 saturated heterocycles. The fourth-order valence-electron chi connectivity index (χ4n) is 13.4. The lowest BCUT2D eigenvalue weighted by Crippen LogP contribution is -2.11. The number of nitrogens with zero attached hydrogens (tertiary/aromatic N) is 6. The van der Waals surface area contributed by atoms with Crippen LogP contribution in [-0.2, 0) is 41.3 Å². The standard InChI is InChI=1S/C82H118N8O12/c1-3-5-7-9-11-13-15-17-19-21-23-25-27-29-31-62-57-70-71(58-63(62)32-30-28-26-24-22-20-18-16-14-12-10-8-6-4-2)79-89-78(70)83-75-67-36-33-64(100-54-51-97-48-45-94-42-39-91)59-72(67)80(84-75)85-76-68-37-34-65(101-55-52-98-49-46-95-43-40-92)60-73(68)81(86-76)87-77-69-38-35-66(61-74(69)82(88-77)90-79)102-56-53-99-50-47-96-44-41-93/h33-38,57-61,91-93H,3-32,39-56H2,1-2H3,(H2,83,84,85,86,87,88,89,90). The minimum Gasteiger partial charge on any atom is -0.491 e. The summed E-state index contributed by atoms with van der Waals surface area (Å²) in [5, 5.41) is 30.8. The number of H-pyrrole nitrogens is 2. The van der Waals surface area contributed by atoms with Gasteiger partial charge in [-0.25, -0.2) is 29.9 Å². The smallest absolute Gasteiger partial charge is 0.164 e. The number of nitrogens with one attached hydrogen (secondary N) is 2. The van der Waals surface area contributed by atoms with Gasteiger partial charge < -0.3 is 67.9 Å². The fraction of sp³-hybridized carbons (Fsp3) is 0.610. The third-order valence-corrected chi connectivity index (χ3v) is 19.0. The van der Waals surface area contributed by atoms with Gasteiger partial charge in [-0.2, -0.15) is 0 Å². The second-order valence-electron chi connectivity index (χ2n) is 27.0. The first-order valence-corrected chi connectivity index (χ1v) is 39.1. The summed E-state index contributed by atoms with van der Waals surface area (Å²) < 4.78 is 52.5. The van der Waals surface area contributed by atoms with Crippen molar-refractivity contribution in [1.29, 1.82) is 0 Å². The van der Waals surface area contributed by atoms with E-state index < -0.39 is 0 Å². The van der Waals surface area contributed by atoms with E-state index in [0.717, 1.165) is 69.5 Å². The van der Waals surface area contributed by atoms with E-state index in [2.05, 4.69) is 35.9 Å². The molecule has 9 rings (SSSR count). The topological polar surface area (TPSA) is 253 Å². The Morgan fingerprint density at radius 2 is 0.539 bits per heavy atom. The van der Waals surface area contributed by atoms with Gasteiger partial charge in [0.2, 0.25) is 0 Å². The molecule has 5 heterocycles. The zero-order valence-corrected chi connectivity index (χ0v) is 61.5. The molecule has 102 heavy (non-hydrogen) atoms. The Kier molecular flexibility index (Phi) is 36.5. The summed E-state index contributed by atoms with van der Waals surface area (Å²) in [7, 11) is 0. The highest BCUT2D eigenvalue weighted by molar-refractivity contribution is 6.07. The van der Waals surface area contributed by atoms with E-state index in [1.807, 2.05) is 54.6 Å². The molecule has 0 unspecified atom stereocenters. The van der Waals surface area contributed by atoms with Gasteiger partial charge in [-0.05, 0) is 104 Å². The Hall–Kier alpha value is -6.72. The average molecular weight is 1410 g/mol. The van der Waals surface area contributed by atoms with Crippen molar-refractivity contribution in [2.75, 3.05) is 119 Å². The minimum atomic E-state index is -0.0407. The summed E-state index contributed by atoms with van der Waals surface area (Å²) in [5.41, 5.74) is 8.08. The van der Waals surface area contributed by atoms with Gasteiger partial charge in [0, 0.05) is 43.8 Å². The van der Waals surface area contributed by atoms with Crippen LogP contribution in [0.3, 0.4) is 0 Å². The van der Waals surface area contributed by atoms with E-state index in [4.69, 9.17) is 87.9 Å². The number of aromatic nitrogens is 8. The number of benzene rings is 4. The molecule has 0 amide bonds. The Bertz CT molecular complexity index is 3710. The number of aromatic amines is 2. The summed E-state index contributed by atoms with van der Waals surface area (Å²) in [4.78, 5) is 39.8. The molecule has 3 aromatic heterocycles. The lowest BCUT2D eigenvalue weighted by atomic mass is 9.94. The van der Waals surface area contributed by atoms with E-state index in [9.17, 15) is 0 Å². The van der Waals surface area contributed by atoms with Crippen LogP contribution < -0.4 is 14.2 Å². The number of hydrogen-bond donors (Lipinski definition) is 5. The van der Waals surface area contributed by atoms with Crippen LogP contribution in [0, 0.1) is 0 Å². The predicted octanol–water partition coefficient (Wildman–Crippen LogP) is 17.1. The fourth-order valence-corrected chi connectivity index (χ4v) is 13.4. The first kappa shape index (κ1) is 79.4. The minimum absolute atomic E-state index is 0.0361. The highest BCUT2D eigenvalue weighted by atomic mass is 16.6. The molecule has 0 radical (unpaired) electrons. The van der Waals surface area contributed by atoms with Crippen LogP contribution in [0.2, 0.25) is 0 Å². The van der Waals surface area contributed by atoms with Crippen LogP contribution in [0.5, 0.6) is 17.2 Å². The molecule has 2 aliphatic rings.